The third kappa shape index (κ3) is 2.27. The van der Waals surface area contributed by atoms with Gasteiger partial charge in [-0.15, -0.1) is 0 Å². The first-order chi connectivity index (χ1) is 7.69. The van der Waals surface area contributed by atoms with Gasteiger partial charge in [0.05, 0.1) is 24.7 Å². The molecular formula is C10H10N2O3S. The number of nitrogens with zero attached hydrogens (tertiary/aromatic N) is 2. The largest absolute Gasteiger partial charge is 0.495 e. The van der Waals surface area contributed by atoms with Crippen molar-refractivity contribution in [1.29, 1.82) is 0 Å². The normalized spacial score (nSPS) is 10.6. The van der Waals surface area contributed by atoms with Gasteiger partial charge < -0.3 is 9.84 Å². The Hall–Kier alpha value is -1.69. The van der Waals surface area contributed by atoms with Crippen LogP contribution in [-0.2, 0) is 11.2 Å². The number of hydrogen-bond donors (Lipinski definition) is 1. The van der Waals surface area contributed by atoms with Gasteiger partial charge in [-0.05, 0) is 0 Å². The molecule has 16 heavy (non-hydrogen) atoms. The Balaban J connectivity index is 2.25. The average molecular weight is 238 g/mol. The molecule has 0 radical (unpaired) electrons. The highest BCUT2D eigenvalue weighted by molar-refractivity contribution is 7.18. The number of pyridine rings is 1. The predicted octanol–water partition coefficient (Wildman–Crippen LogP) is 1.72. The van der Waals surface area contributed by atoms with Crippen molar-refractivity contribution < 1.29 is 14.6 Å². The number of hydrogen-bond acceptors (Lipinski definition) is 5. The highest BCUT2D eigenvalue weighted by atomic mass is 32.1. The van der Waals surface area contributed by atoms with Crippen molar-refractivity contribution in [2.45, 2.75) is 12.8 Å². The molecule has 0 aliphatic rings. The molecule has 0 aromatic carbocycles. The highest BCUT2D eigenvalue weighted by Crippen LogP contribution is 2.24. The molecule has 0 aliphatic carbocycles. The van der Waals surface area contributed by atoms with Crippen LogP contribution in [0.2, 0.25) is 0 Å². The summed E-state index contributed by atoms with van der Waals surface area (Å²) in [5, 5.41) is 9.36. The number of ether oxygens (including phenoxy) is 1. The van der Waals surface area contributed by atoms with E-state index < -0.39 is 5.97 Å². The van der Waals surface area contributed by atoms with Gasteiger partial charge in [-0.2, -0.15) is 0 Å². The van der Waals surface area contributed by atoms with E-state index in [2.05, 4.69) is 9.97 Å². The Labute approximate surface area is 95.7 Å². The average Bonchev–Trinajstić information content (AvgIpc) is 2.67. The number of rotatable bonds is 4. The SMILES string of the molecule is COc1cnc2sc(CCC(=O)O)nc2c1. The first-order valence-electron chi connectivity index (χ1n) is 4.70. The molecule has 6 heteroatoms. The van der Waals surface area contributed by atoms with E-state index in [9.17, 15) is 4.79 Å². The molecule has 2 heterocycles. The molecular weight excluding hydrogens is 228 g/mol. The van der Waals surface area contributed by atoms with E-state index in [1.807, 2.05) is 0 Å². The number of carboxylic acid groups (broad SMARTS) is 1. The van der Waals surface area contributed by atoms with Crippen LogP contribution < -0.4 is 4.74 Å². The summed E-state index contributed by atoms with van der Waals surface area (Å²) >= 11 is 1.42. The Morgan fingerprint density at radius 3 is 3.12 bits per heavy atom. The lowest BCUT2D eigenvalue weighted by Crippen LogP contribution is -1.96. The second-order valence-corrected chi connectivity index (χ2v) is 4.26. The standard InChI is InChI=1S/C10H10N2O3S/c1-15-6-4-7-10(11-5-6)16-8(12-7)2-3-9(13)14/h4-5H,2-3H2,1H3,(H,13,14). The zero-order valence-corrected chi connectivity index (χ0v) is 9.45. The van der Waals surface area contributed by atoms with Crippen LogP contribution in [0.25, 0.3) is 10.3 Å². The molecule has 0 fully saturated rings. The van der Waals surface area contributed by atoms with Gasteiger partial charge in [-0.1, -0.05) is 11.3 Å². The van der Waals surface area contributed by atoms with Gasteiger partial charge in [0.2, 0.25) is 0 Å². The van der Waals surface area contributed by atoms with Crippen LogP contribution in [0.5, 0.6) is 5.75 Å². The van der Waals surface area contributed by atoms with Crippen molar-refractivity contribution in [3.63, 3.8) is 0 Å². The summed E-state index contributed by atoms with van der Waals surface area (Å²) in [5.74, 6) is -0.160. The summed E-state index contributed by atoms with van der Waals surface area (Å²) in [6.45, 7) is 0. The molecule has 1 N–H and O–H groups in total. The summed E-state index contributed by atoms with van der Waals surface area (Å²) in [4.78, 5) is 19.7. The van der Waals surface area contributed by atoms with Gasteiger partial charge in [-0.25, -0.2) is 9.97 Å². The minimum Gasteiger partial charge on any atom is -0.495 e. The fourth-order valence-corrected chi connectivity index (χ4v) is 2.17. The van der Waals surface area contributed by atoms with Crippen LogP contribution in [0.15, 0.2) is 12.3 Å². The van der Waals surface area contributed by atoms with Crippen molar-refractivity contribution in [3.8, 4) is 5.75 Å². The Morgan fingerprint density at radius 1 is 1.62 bits per heavy atom. The molecule has 2 aromatic heterocycles. The second-order valence-electron chi connectivity index (χ2n) is 3.20. The van der Waals surface area contributed by atoms with Crippen LogP contribution in [0, 0.1) is 0 Å². The molecule has 0 aliphatic heterocycles. The van der Waals surface area contributed by atoms with Gasteiger partial charge in [0.1, 0.15) is 16.1 Å². The van der Waals surface area contributed by atoms with Crippen molar-refractivity contribution in [2.24, 2.45) is 0 Å². The maximum atomic E-state index is 10.4. The van der Waals surface area contributed by atoms with Crippen LogP contribution in [-0.4, -0.2) is 28.2 Å². The molecule has 0 spiro atoms. The van der Waals surface area contributed by atoms with E-state index in [0.29, 0.717) is 12.2 Å². The monoisotopic (exact) mass is 238 g/mol. The lowest BCUT2D eigenvalue weighted by Gasteiger charge is -1.95. The van der Waals surface area contributed by atoms with Gasteiger partial charge in [-0.3, -0.25) is 4.79 Å². The van der Waals surface area contributed by atoms with Crippen molar-refractivity contribution in [1.82, 2.24) is 9.97 Å². The number of carboxylic acids is 1. The van der Waals surface area contributed by atoms with E-state index in [-0.39, 0.29) is 6.42 Å². The lowest BCUT2D eigenvalue weighted by molar-refractivity contribution is -0.136. The summed E-state index contributed by atoms with van der Waals surface area (Å²) in [7, 11) is 1.57. The van der Waals surface area contributed by atoms with E-state index in [4.69, 9.17) is 9.84 Å². The topological polar surface area (TPSA) is 72.3 Å². The fraction of sp³-hybridized carbons (Fsp3) is 0.300. The number of fused-ring (bicyclic) bond motifs is 1. The number of carbonyl (C=O) groups is 1. The van der Waals surface area contributed by atoms with Crippen LogP contribution in [0.3, 0.4) is 0 Å². The van der Waals surface area contributed by atoms with Crippen LogP contribution in [0.4, 0.5) is 0 Å². The molecule has 0 amide bonds. The van der Waals surface area contributed by atoms with Gasteiger partial charge in [0, 0.05) is 12.5 Å². The van der Waals surface area contributed by atoms with Crippen LogP contribution >= 0.6 is 11.3 Å². The summed E-state index contributed by atoms with van der Waals surface area (Å²) < 4.78 is 5.04. The molecule has 0 bridgehead atoms. The van der Waals surface area contributed by atoms with Crippen molar-refractivity contribution in [2.75, 3.05) is 7.11 Å². The predicted molar refractivity (Wildman–Crippen MR) is 59.9 cm³/mol. The first-order valence-corrected chi connectivity index (χ1v) is 5.52. The summed E-state index contributed by atoms with van der Waals surface area (Å²) in [5.41, 5.74) is 0.754. The van der Waals surface area contributed by atoms with E-state index >= 15 is 0 Å². The third-order valence-corrected chi connectivity index (χ3v) is 3.09. The molecule has 5 nitrogen and oxygen atoms in total. The second kappa shape index (κ2) is 4.44. The van der Waals surface area contributed by atoms with Gasteiger partial charge >= 0.3 is 5.97 Å². The number of methoxy groups -OCH3 is 1. The Bertz CT molecular complexity index is 524. The number of aliphatic carboxylic acids is 1. The minimum atomic E-state index is -0.815. The molecule has 0 saturated carbocycles. The van der Waals surface area contributed by atoms with Gasteiger partial charge in [0.25, 0.3) is 0 Å². The zero-order chi connectivity index (χ0) is 11.5. The maximum absolute atomic E-state index is 10.4. The molecule has 0 saturated heterocycles. The maximum Gasteiger partial charge on any atom is 0.303 e. The molecule has 0 unspecified atom stereocenters. The third-order valence-electron chi connectivity index (χ3n) is 2.06. The number of aromatic nitrogens is 2. The van der Waals surface area contributed by atoms with E-state index in [0.717, 1.165) is 15.4 Å². The highest BCUT2D eigenvalue weighted by Gasteiger charge is 2.07. The van der Waals surface area contributed by atoms with Crippen molar-refractivity contribution in [3.05, 3.63) is 17.3 Å². The molecule has 2 rings (SSSR count). The molecule has 0 atom stereocenters. The number of aryl methyl sites for hydroxylation is 1. The lowest BCUT2D eigenvalue weighted by atomic mass is 10.3. The fourth-order valence-electron chi connectivity index (χ4n) is 1.28. The smallest absolute Gasteiger partial charge is 0.303 e. The van der Waals surface area contributed by atoms with E-state index in [1.54, 1.807) is 19.4 Å². The number of thiazole rings is 1. The van der Waals surface area contributed by atoms with Crippen molar-refractivity contribution >= 4 is 27.7 Å². The summed E-state index contributed by atoms with van der Waals surface area (Å²) in [6.07, 6.45) is 2.16. The van der Waals surface area contributed by atoms with Gasteiger partial charge in [0.15, 0.2) is 0 Å². The van der Waals surface area contributed by atoms with Crippen LogP contribution in [0.1, 0.15) is 11.4 Å². The first kappa shape index (κ1) is 10.8. The zero-order valence-electron chi connectivity index (χ0n) is 8.64. The van der Waals surface area contributed by atoms with E-state index in [1.165, 1.54) is 11.3 Å². The summed E-state index contributed by atoms with van der Waals surface area (Å²) in [6, 6.07) is 1.79. The Morgan fingerprint density at radius 2 is 2.44 bits per heavy atom. The Kier molecular flexibility index (Phi) is 3.00. The molecule has 2 aromatic rings. The molecule has 84 valence electrons. The minimum absolute atomic E-state index is 0.0942. The quantitative estimate of drug-likeness (QED) is 0.878.